The van der Waals surface area contributed by atoms with Crippen LogP contribution in [0.2, 0.25) is 0 Å². The molecule has 0 atom stereocenters. The number of nitrogens with one attached hydrogen (secondary N) is 2. The summed E-state index contributed by atoms with van der Waals surface area (Å²) in [6.07, 6.45) is 6.19. The van der Waals surface area contributed by atoms with E-state index < -0.39 is 0 Å². The van der Waals surface area contributed by atoms with Crippen molar-refractivity contribution < 1.29 is 4.79 Å². The standard InChI is InChI=1S/C17H19BrN4O/c18-12-5-4-8-14(11-12)20-17(23)15-9-10-16(22-21-15)19-13-6-2-1-3-7-13/h4-5,8-11,13H,1-3,6-7H2,(H,19,22)(H,20,23). The highest BCUT2D eigenvalue weighted by Gasteiger charge is 2.14. The number of nitrogens with zero attached hydrogens (tertiary/aromatic N) is 2. The van der Waals surface area contributed by atoms with E-state index in [9.17, 15) is 4.79 Å². The molecular formula is C17H19BrN4O. The average Bonchev–Trinajstić information content (AvgIpc) is 2.56. The second-order valence-electron chi connectivity index (χ2n) is 5.75. The minimum atomic E-state index is -0.264. The molecule has 1 heterocycles. The van der Waals surface area contributed by atoms with Crippen LogP contribution in [0.1, 0.15) is 42.6 Å². The molecule has 0 bridgehead atoms. The molecule has 0 spiro atoms. The highest BCUT2D eigenvalue weighted by molar-refractivity contribution is 9.10. The Balaban J connectivity index is 1.60. The monoisotopic (exact) mass is 374 g/mol. The summed E-state index contributed by atoms with van der Waals surface area (Å²) in [5.74, 6) is 0.468. The van der Waals surface area contributed by atoms with Crippen molar-refractivity contribution >= 4 is 33.3 Å². The topological polar surface area (TPSA) is 66.9 Å². The summed E-state index contributed by atoms with van der Waals surface area (Å²) in [7, 11) is 0. The highest BCUT2D eigenvalue weighted by Crippen LogP contribution is 2.20. The largest absolute Gasteiger partial charge is 0.366 e. The molecular weight excluding hydrogens is 356 g/mol. The van der Waals surface area contributed by atoms with Gasteiger partial charge in [-0.25, -0.2) is 0 Å². The van der Waals surface area contributed by atoms with Crippen molar-refractivity contribution in [2.75, 3.05) is 10.6 Å². The SMILES string of the molecule is O=C(Nc1cccc(Br)c1)c1ccc(NC2CCCCC2)nn1. The van der Waals surface area contributed by atoms with Crippen molar-refractivity contribution in [1.29, 1.82) is 0 Å². The first-order chi connectivity index (χ1) is 11.2. The van der Waals surface area contributed by atoms with Crippen LogP contribution in [0.5, 0.6) is 0 Å². The minimum absolute atomic E-state index is 0.264. The molecule has 2 aromatic rings. The van der Waals surface area contributed by atoms with Crippen molar-refractivity contribution in [2.24, 2.45) is 0 Å². The molecule has 120 valence electrons. The number of amides is 1. The third-order valence-electron chi connectivity index (χ3n) is 3.94. The summed E-state index contributed by atoms with van der Waals surface area (Å²) in [4.78, 5) is 12.2. The minimum Gasteiger partial charge on any atom is -0.366 e. The van der Waals surface area contributed by atoms with Gasteiger partial charge in [0.05, 0.1) is 0 Å². The predicted molar refractivity (Wildman–Crippen MR) is 94.6 cm³/mol. The van der Waals surface area contributed by atoms with Gasteiger partial charge < -0.3 is 10.6 Å². The second kappa shape index (κ2) is 7.55. The maximum atomic E-state index is 12.2. The van der Waals surface area contributed by atoms with E-state index in [0.717, 1.165) is 16.0 Å². The molecule has 1 saturated carbocycles. The summed E-state index contributed by atoms with van der Waals surface area (Å²) in [6.45, 7) is 0. The predicted octanol–water partition coefficient (Wildman–Crippen LogP) is 4.24. The van der Waals surface area contributed by atoms with Crippen LogP contribution in [0.15, 0.2) is 40.9 Å². The van der Waals surface area contributed by atoms with Gasteiger partial charge in [0.1, 0.15) is 5.82 Å². The van der Waals surface area contributed by atoms with E-state index in [1.165, 1.54) is 32.1 Å². The van der Waals surface area contributed by atoms with Crippen LogP contribution < -0.4 is 10.6 Å². The number of carbonyl (C=O) groups excluding carboxylic acids is 1. The zero-order chi connectivity index (χ0) is 16.1. The molecule has 1 aromatic carbocycles. The van der Waals surface area contributed by atoms with Crippen LogP contribution in [0.25, 0.3) is 0 Å². The number of halogens is 1. The number of hydrogen-bond acceptors (Lipinski definition) is 4. The molecule has 5 nitrogen and oxygen atoms in total. The Labute approximate surface area is 144 Å². The van der Waals surface area contributed by atoms with E-state index >= 15 is 0 Å². The Morgan fingerprint density at radius 1 is 1.09 bits per heavy atom. The third kappa shape index (κ3) is 4.51. The van der Waals surface area contributed by atoms with Crippen molar-refractivity contribution in [2.45, 2.75) is 38.1 Å². The molecule has 1 amide bonds. The van der Waals surface area contributed by atoms with Crippen LogP contribution in [0, 0.1) is 0 Å². The first-order valence-corrected chi connectivity index (χ1v) is 8.67. The Hall–Kier alpha value is -1.95. The van der Waals surface area contributed by atoms with Gasteiger partial charge in [0.15, 0.2) is 5.69 Å². The van der Waals surface area contributed by atoms with Crippen molar-refractivity contribution in [3.05, 3.63) is 46.6 Å². The quantitative estimate of drug-likeness (QED) is 0.839. The average molecular weight is 375 g/mol. The van der Waals surface area contributed by atoms with Gasteiger partial charge in [-0.15, -0.1) is 10.2 Å². The van der Waals surface area contributed by atoms with E-state index in [1.54, 1.807) is 6.07 Å². The van der Waals surface area contributed by atoms with Gasteiger partial charge in [0.2, 0.25) is 0 Å². The molecule has 3 rings (SSSR count). The number of hydrogen-bond donors (Lipinski definition) is 2. The molecule has 1 fully saturated rings. The van der Waals surface area contributed by atoms with Crippen molar-refractivity contribution in [3.63, 3.8) is 0 Å². The van der Waals surface area contributed by atoms with E-state index in [1.807, 2.05) is 30.3 Å². The highest BCUT2D eigenvalue weighted by atomic mass is 79.9. The molecule has 1 aliphatic rings. The zero-order valence-electron chi connectivity index (χ0n) is 12.8. The first kappa shape index (κ1) is 15.9. The summed E-state index contributed by atoms with van der Waals surface area (Å²) in [5, 5.41) is 14.3. The smallest absolute Gasteiger partial charge is 0.276 e. The zero-order valence-corrected chi connectivity index (χ0v) is 14.3. The number of aromatic nitrogens is 2. The van der Waals surface area contributed by atoms with Crippen LogP contribution in [0.4, 0.5) is 11.5 Å². The second-order valence-corrected chi connectivity index (χ2v) is 6.66. The fraction of sp³-hybridized carbons (Fsp3) is 0.353. The van der Waals surface area contributed by atoms with E-state index in [4.69, 9.17) is 0 Å². The maximum Gasteiger partial charge on any atom is 0.276 e. The molecule has 0 aliphatic heterocycles. The molecule has 2 N–H and O–H groups in total. The third-order valence-corrected chi connectivity index (χ3v) is 4.43. The molecule has 1 aliphatic carbocycles. The fourth-order valence-corrected chi connectivity index (χ4v) is 3.15. The Kier molecular flexibility index (Phi) is 5.23. The van der Waals surface area contributed by atoms with Crippen LogP contribution >= 0.6 is 15.9 Å². The van der Waals surface area contributed by atoms with Crippen molar-refractivity contribution in [3.8, 4) is 0 Å². The van der Waals surface area contributed by atoms with Gasteiger partial charge in [-0.05, 0) is 43.2 Å². The Bertz CT molecular complexity index is 669. The Morgan fingerprint density at radius 2 is 1.91 bits per heavy atom. The van der Waals surface area contributed by atoms with E-state index in [0.29, 0.717) is 11.7 Å². The molecule has 0 radical (unpaired) electrons. The van der Waals surface area contributed by atoms with Crippen molar-refractivity contribution in [1.82, 2.24) is 10.2 Å². The normalized spacial score (nSPS) is 15.2. The van der Waals surface area contributed by atoms with E-state index in [2.05, 4.69) is 36.8 Å². The lowest BCUT2D eigenvalue weighted by atomic mass is 9.95. The van der Waals surface area contributed by atoms with Gasteiger partial charge in [0.25, 0.3) is 5.91 Å². The molecule has 23 heavy (non-hydrogen) atoms. The lowest BCUT2D eigenvalue weighted by Gasteiger charge is -2.22. The van der Waals surface area contributed by atoms with Crippen LogP contribution in [0.3, 0.4) is 0 Å². The molecule has 0 unspecified atom stereocenters. The van der Waals surface area contributed by atoms with Gasteiger partial charge in [-0.1, -0.05) is 41.3 Å². The number of rotatable bonds is 4. The van der Waals surface area contributed by atoms with Gasteiger partial charge in [-0.3, -0.25) is 4.79 Å². The van der Waals surface area contributed by atoms with E-state index in [-0.39, 0.29) is 5.91 Å². The maximum absolute atomic E-state index is 12.2. The van der Waals surface area contributed by atoms with Crippen LogP contribution in [-0.4, -0.2) is 22.1 Å². The fourth-order valence-electron chi connectivity index (χ4n) is 2.75. The summed E-state index contributed by atoms with van der Waals surface area (Å²) >= 11 is 3.38. The Morgan fingerprint density at radius 3 is 2.61 bits per heavy atom. The number of carbonyl (C=O) groups is 1. The lowest BCUT2D eigenvalue weighted by molar-refractivity contribution is 0.102. The number of benzene rings is 1. The lowest BCUT2D eigenvalue weighted by Crippen LogP contribution is -2.23. The summed E-state index contributed by atoms with van der Waals surface area (Å²) in [6, 6.07) is 11.4. The van der Waals surface area contributed by atoms with Gasteiger partial charge in [0, 0.05) is 16.2 Å². The van der Waals surface area contributed by atoms with Crippen LogP contribution in [-0.2, 0) is 0 Å². The first-order valence-electron chi connectivity index (χ1n) is 7.88. The summed E-state index contributed by atoms with van der Waals surface area (Å²) in [5.41, 5.74) is 1.02. The van der Waals surface area contributed by atoms with Gasteiger partial charge >= 0.3 is 0 Å². The molecule has 0 saturated heterocycles. The van der Waals surface area contributed by atoms with Gasteiger partial charge in [-0.2, -0.15) is 0 Å². The summed E-state index contributed by atoms with van der Waals surface area (Å²) < 4.78 is 0.911. The number of anilines is 2. The molecule has 1 aromatic heterocycles. The molecule has 6 heteroatoms.